The molecule has 0 saturated heterocycles. The number of methoxy groups -OCH3 is 1. The number of alkyl halides is 3. The molecule has 29 heavy (non-hydrogen) atoms. The quantitative estimate of drug-likeness (QED) is 0.555. The topological polar surface area (TPSA) is 112 Å². The second-order valence-electron chi connectivity index (χ2n) is 5.63. The number of nitro groups is 1. The van der Waals surface area contributed by atoms with Crippen LogP contribution in [0.2, 0.25) is 5.02 Å². The molecule has 2 aromatic rings. The number of hydrogen-bond acceptors (Lipinski definition) is 6. The third kappa shape index (κ3) is 3.92. The van der Waals surface area contributed by atoms with E-state index in [1.54, 1.807) is 5.32 Å². The third-order valence-corrected chi connectivity index (χ3v) is 3.94. The average molecular weight is 434 g/mol. The van der Waals surface area contributed by atoms with Crippen molar-refractivity contribution >= 4 is 29.0 Å². The zero-order valence-corrected chi connectivity index (χ0v) is 15.1. The Hall–Kier alpha value is -3.41. The number of nitro benzene ring substituents is 1. The Morgan fingerprint density at radius 1 is 1.21 bits per heavy atom. The maximum absolute atomic E-state index is 13.6. The number of carbonyl (C=O) groups excluding carboxylic acids is 1. The molecule has 154 valence electrons. The highest BCUT2D eigenvalue weighted by molar-refractivity contribution is 6.30. The second-order valence-corrected chi connectivity index (χ2v) is 6.07. The summed E-state index contributed by atoms with van der Waals surface area (Å²) in [5.41, 5.74) is -0.458. The van der Waals surface area contributed by atoms with Gasteiger partial charge in [0.15, 0.2) is 11.5 Å². The first-order chi connectivity index (χ1) is 13.5. The summed E-state index contributed by atoms with van der Waals surface area (Å²) in [5.74, 6) is -4.24. The molecule has 13 heteroatoms. The number of carbonyl (C=O) groups is 1. The van der Waals surface area contributed by atoms with Crippen LogP contribution in [0.25, 0.3) is 0 Å². The number of urea groups is 1. The average Bonchev–Trinajstić information content (AvgIpc) is 2.99. The van der Waals surface area contributed by atoms with Crippen molar-refractivity contribution in [3.63, 3.8) is 0 Å². The van der Waals surface area contributed by atoms with Crippen molar-refractivity contribution in [2.45, 2.75) is 12.1 Å². The maximum Gasteiger partial charge on any atom is 0.492 e. The summed E-state index contributed by atoms with van der Waals surface area (Å²) in [4.78, 5) is 22.3. The number of non-ortho nitro benzene ring substituents is 1. The smallest absolute Gasteiger partial charge is 0.492 e. The van der Waals surface area contributed by atoms with Gasteiger partial charge in [0.2, 0.25) is 0 Å². The zero-order valence-electron chi connectivity index (χ0n) is 14.4. The van der Waals surface area contributed by atoms with E-state index in [0.29, 0.717) is 0 Å². The molecule has 0 bridgehead atoms. The molecule has 0 saturated carbocycles. The fourth-order valence-corrected chi connectivity index (χ4v) is 2.58. The summed E-state index contributed by atoms with van der Waals surface area (Å²) in [6, 6.07) is 5.31. The van der Waals surface area contributed by atoms with Gasteiger partial charge in [-0.15, -0.1) is 0 Å². The number of halogens is 4. The van der Waals surface area contributed by atoms with Gasteiger partial charge < -0.3 is 19.5 Å². The van der Waals surface area contributed by atoms with E-state index in [0.717, 1.165) is 30.3 Å². The first-order valence-corrected chi connectivity index (χ1v) is 8.08. The van der Waals surface area contributed by atoms with Gasteiger partial charge in [-0.05, 0) is 18.2 Å². The summed E-state index contributed by atoms with van der Waals surface area (Å²) in [7, 11) is 1.17. The molecule has 1 aliphatic rings. The summed E-state index contributed by atoms with van der Waals surface area (Å²) >= 11 is 5.73. The highest BCUT2D eigenvalue weighted by Crippen LogP contribution is 2.46. The Balaban J connectivity index is 1.84. The van der Waals surface area contributed by atoms with Gasteiger partial charge in [0.05, 0.1) is 23.8 Å². The van der Waals surface area contributed by atoms with Gasteiger partial charge in [-0.25, -0.2) is 4.79 Å². The van der Waals surface area contributed by atoms with E-state index in [9.17, 15) is 28.1 Å². The number of rotatable bonds is 4. The minimum absolute atomic E-state index is 0.102. The Morgan fingerprint density at radius 2 is 1.90 bits per heavy atom. The van der Waals surface area contributed by atoms with Crippen LogP contribution in [0, 0.1) is 10.1 Å². The van der Waals surface area contributed by atoms with E-state index in [2.05, 4.69) is 5.32 Å². The lowest BCUT2D eigenvalue weighted by molar-refractivity contribution is -0.384. The van der Waals surface area contributed by atoms with Crippen molar-refractivity contribution in [2.75, 3.05) is 12.4 Å². The molecule has 9 nitrogen and oxygen atoms in total. The molecule has 0 fully saturated rings. The first-order valence-electron chi connectivity index (χ1n) is 7.70. The van der Waals surface area contributed by atoms with Gasteiger partial charge in [-0.2, -0.15) is 13.2 Å². The van der Waals surface area contributed by atoms with Crippen molar-refractivity contribution < 1.29 is 37.1 Å². The van der Waals surface area contributed by atoms with E-state index in [4.69, 9.17) is 25.8 Å². The number of hydrogen-bond donors (Lipinski definition) is 2. The van der Waals surface area contributed by atoms with Gasteiger partial charge in [0.1, 0.15) is 5.75 Å². The summed E-state index contributed by atoms with van der Waals surface area (Å²) < 4.78 is 55.5. The van der Waals surface area contributed by atoms with Crippen LogP contribution in [0.4, 0.5) is 29.3 Å². The standard InChI is InChI=1S/C16H11ClF3N3O6/c1-27-12-7-9(23(25)26)3-4-10(12)21-14(24)22-16(15(18,19)20)28-11-5-2-8(17)6-13(11)29-16/h2-7H,1H3,(H2,21,22,24)/t16-/m1/s1. The molecule has 2 amide bonds. The number of nitrogens with one attached hydrogen (secondary N) is 2. The van der Waals surface area contributed by atoms with Crippen molar-refractivity contribution in [3.05, 3.63) is 51.5 Å². The fraction of sp³-hybridized carbons (Fsp3) is 0.188. The number of amides is 2. The van der Waals surface area contributed by atoms with E-state index in [1.807, 2.05) is 0 Å². The Kier molecular flexibility index (Phi) is 5.05. The lowest BCUT2D eigenvalue weighted by Crippen LogP contribution is -2.65. The highest BCUT2D eigenvalue weighted by Gasteiger charge is 2.65. The molecule has 2 N–H and O–H groups in total. The molecule has 0 spiro atoms. The van der Waals surface area contributed by atoms with Gasteiger partial charge in [0, 0.05) is 17.2 Å². The van der Waals surface area contributed by atoms with Crippen LogP contribution in [-0.4, -0.2) is 30.2 Å². The van der Waals surface area contributed by atoms with E-state index < -0.39 is 23.0 Å². The van der Waals surface area contributed by atoms with Crippen LogP contribution in [-0.2, 0) is 0 Å². The second kappa shape index (κ2) is 7.20. The Bertz CT molecular complexity index is 987. The van der Waals surface area contributed by atoms with Gasteiger partial charge in [-0.1, -0.05) is 11.6 Å². The molecule has 1 aliphatic heterocycles. The van der Waals surface area contributed by atoms with Gasteiger partial charge in [0.25, 0.3) is 5.69 Å². The minimum Gasteiger partial charge on any atom is -0.494 e. The number of fused-ring (bicyclic) bond motifs is 1. The molecule has 0 unspecified atom stereocenters. The van der Waals surface area contributed by atoms with Crippen LogP contribution in [0.15, 0.2) is 36.4 Å². The molecule has 0 radical (unpaired) electrons. The van der Waals surface area contributed by atoms with Gasteiger partial charge in [-0.3, -0.25) is 15.4 Å². The summed E-state index contributed by atoms with van der Waals surface area (Å²) in [6.07, 6.45) is -5.17. The molecule has 0 aromatic heterocycles. The summed E-state index contributed by atoms with van der Waals surface area (Å²) in [6.45, 7) is 0. The largest absolute Gasteiger partial charge is 0.494 e. The van der Waals surface area contributed by atoms with E-state index >= 15 is 0 Å². The summed E-state index contributed by atoms with van der Waals surface area (Å²) in [5, 5.41) is 14.6. The minimum atomic E-state index is -5.17. The van der Waals surface area contributed by atoms with Crippen LogP contribution in [0.5, 0.6) is 17.2 Å². The van der Waals surface area contributed by atoms with Crippen LogP contribution < -0.4 is 24.8 Å². The zero-order chi connectivity index (χ0) is 21.4. The van der Waals surface area contributed by atoms with Crippen molar-refractivity contribution in [2.24, 2.45) is 0 Å². The van der Waals surface area contributed by atoms with Crippen molar-refractivity contribution in [1.82, 2.24) is 5.32 Å². The van der Waals surface area contributed by atoms with Crippen molar-refractivity contribution in [1.29, 1.82) is 0 Å². The van der Waals surface area contributed by atoms with Crippen LogP contribution >= 0.6 is 11.6 Å². The fourth-order valence-electron chi connectivity index (χ4n) is 2.41. The lowest BCUT2D eigenvalue weighted by atomic mass is 10.2. The Morgan fingerprint density at radius 3 is 2.52 bits per heavy atom. The number of anilines is 1. The number of ether oxygens (including phenoxy) is 3. The monoisotopic (exact) mass is 433 g/mol. The number of benzene rings is 2. The van der Waals surface area contributed by atoms with Crippen molar-refractivity contribution in [3.8, 4) is 17.2 Å². The lowest BCUT2D eigenvalue weighted by Gasteiger charge is -2.29. The SMILES string of the molecule is COc1cc([N+](=O)[O-])ccc1NC(=O)N[C@]1(C(F)(F)F)Oc2ccc(Cl)cc2O1. The van der Waals surface area contributed by atoms with Crippen LogP contribution in [0.3, 0.4) is 0 Å². The predicted octanol–water partition coefficient (Wildman–Crippen LogP) is 4.07. The van der Waals surface area contributed by atoms with E-state index in [1.165, 1.54) is 13.2 Å². The van der Waals surface area contributed by atoms with Crippen LogP contribution in [0.1, 0.15) is 0 Å². The van der Waals surface area contributed by atoms with Gasteiger partial charge >= 0.3 is 18.1 Å². The molecule has 3 rings (SSSR count). The molecule has 0 aliphatic carbocycles. The predicted molar refractivity (Wildman–Crippen MR) is 93.3 cm³/mol. The Labute approximate surface area is 165 Å². The maximum atomic E-state index is 13.6. The molecule has 1 heterocycles. The number of nitrogens with zero attached hydrogens (tertiary/aromatic N) is 1. The van der Waals surface area contributed by atoms with E-state index in [-0.39, 0.29) is 33.6 Å². The highest BCUT2D eigenvalue weighted by atomic mass is 35.5. The molecule has 1 atom stereocenters. The third-order valence-electron chi connectivity index (χ3n) is 3.71. The normalized spacial score (nSPS) is 17.6. The molecular formula is C16H11ClF3N3O6. The molecule has 2 aromatic carbocycles. The molecular weight excluding hydrogens is 423 g/mol. The first kappa shape index (κ1) is 20.3.